The van der Waals surface area contributed by atoms with Gasteiger partial charge in [-0.25, -0.2) is 4.39 Å². The van der Waals surface area contributed by atoms with Crippen molar-refractivity contribution in [3.63, 3.8) is 0 Å². The van der Waals surface area contributed by atoms with Crippen LogP contribution < -0.4 is 5.32 Å². The molecule has 0 atom stereocenters. The summed E-state index contributed by atoms with van der Waals surface area (Å²) in [5.41, 5.74) is 0.679. The largest absolute Gasteiger partial charge is 0.323 e. The molecule has 0 saturated carbocycles. The summed E-state index contributed by atoms with van der Waals surface area (Å²) in [7, 11) is -4.22. The molecule has 7 nitrogen and oxygen atoms in total. The third-order valence-electron chi connectivity index (χ3n) is 4.69. The number of benzene rings is 3. The minimum atomic E-state index is -4.22. The molecular weight excluding hydrogens is 455 g/mol. The summed E-state index contributed by atoms with van der Waals surface area (Å²) in [5.74, 6) is -1.32. The Morgan fingerprint density at radius 3 is 2.56 bits per heavy atom. The Bertz CT molecular complexity index is 1420. The molecule has 0 aromatic heterocycles. The lowest BCUT2D eigenvalue weighted by Crippen LogP contribution is -2.39. The fourth-order valence-electron chi connectivity index (χ4n) is 3.22. The number of nitrogens with zero attached hydrogens (tertiary/aromatic N) is 3. The Morgan fingerprint density at radius 2 is 1.81 bits per heavy atom. The maximum absolute atomic E-state index is 14.5. The molecule has 3 aromatic carbocycles. The molecule has 0 saturated heterocycles. The van der Waals surface area contributed by atoms with Crippen LogP contribution in [0.3, 0.4) is 0 Å². The Labute approximate surface area is 188 Å². The number of carbonyl (C=O) groups excluding carboxylic acids is 1. The van der Waals surface area contributed by atoms with Gasteiger partial charge in [0.05, 0.1) is 16.1 Å². The van der Waals surface area contributed by atoms with Crippen molar-refractivity contribution in [2.75, 3.05) is 11.9 Å². The summed E-state index contributed by atoms with van der Waals surface area (Å²) in [5, 5.41) is 16.1. The molecule has 4 rings (SSSR count). The first-order valence-electron chi connectivity index (χ1n) is 9.26. The number of nitrogens with one attached hydrogen (secondary N) is 1. The van der Waals surface area contributed by atoms with Gasteiger partial charge in [0.2, 0.25) is 5.91 Å². The van der Waals surface area contributed by atoms with Crippen molar-refractivity contribution in [2.45, 2.75) is 4.90 Å². The number of hydrogen-bond donors (Lipinski definition) is 1. The molecule has 0 spiro atoms. The van der Waals surface area contributed by atoms with Crippen LogP contribution in [0.4, 0.5) is 10.1 Å². The van der Waals surface area contributed by atoms with Crippen LogP contribution in [0, 0.1) is 17.1 Å². The Morgan fingerprint density at radius 1 is 1.09 bits per heavy atom. The van der Waals surface area contributed by atoms with Crippen LogP contribution in [-0.2, 0) is 14.8 Å². The maximum Gasteiger partial charge on any atom is 0.280 e. The van der Waals surface area contributed by atoms with Gasteiger partial charge in [-0.15, -0.1) is 0 Å². The van der Waals surface area contributed by atoms with Crippen molar-refractivity contribution in [3.8, 4) is 6.07 Å². The van der Waals surface area contributed by atoms with Gasteiger partial charge in [0, 0.05) is 16.1 Å². The first-order valence-corrected chi connectivity index (χ1v) is 11.1. The minimum absolute atomic E-state index is 0.0284. The standard InChI is InChI=1S/C22H14ClFN4O3S/c23-15-9-10-20-17(11-15)22(16-6-2-3-7-18(16)24)27-28(32(20,30)31)13-21(29)26-19-8-4-1-5-14(19)12-25/h1-11H,13H2,(H,26,29). The first-order chi connectivity index (χ1) is 15.3. The van der Waals surface area contributed by atoms with Crippen LogP contribution in [0.15, 0.2) is 76.7 Å². The van der Waals surface area contributed by atoms with Crippen LogP contribution in [0.5, 0.6) is 0 Å². The van der Waals surface area contributed by atoms with Gasteiger partial charge >= 0.3 is 0 Å². The maximum atomic E-state index is 14.5. The molecule has 0 aliphatic carbocycles. The van der Waals surface area contributed by atoms with E-state index in [1.165, 1.54) is 48.5 Å². The minimum Gasteiger partial charge on any atom is -0.323 e. The van der Waals surface area contributed by atoms with E-state index in [2.05, 4.69) is 10.4 Å². The van der Waals surface area contributed by atoms with Crippen LogP contribution in [0.25, 0.3) is 0 Å². The Kier molecular flexibility index (Phi) is 5.65. The van der Waals surface area contributed by atoms with E-state index < -0.39 is 28.3 Å². The molecule has 1 N–H and O–H groups in total. The molecule has 32 heavy (non-hydrogen) atoms. The summed E-state index contributed by atoms with van der Waals surface area (Å²) in [6.45, 7) is -0.678. The summed E-state index contributed by atoms with van der Waals surface area (Å²) < 4.78 is 41.4. The molecule has 3 aromatic rings. The number of para-hydroxylation sites is 1. The molecule has 1 heterocycles. The molecule has 0 bridgehead atoms. The second-order valence-corrected chi connectivity index (χ2v) is 9.01. The topological polar surface area (TPSA) is 103 Å². The predicted octanol–water partition coefficient (Wildman–Crippen LogP) is 3.75. The zero-order valence-corrected chi connectivity index (χ0v) is 17.9. The van der Waals surface area contributed by atoms with Crippen molar-refractivity contribution in [1.82, 2.24) is 4.41 Å². The van der Waals surface area contributed by atoms with Gasteiger partial charge in [-0.1, -0.05) is 35.9 Å². The second kappa shape index (κ2) is 8.42. The highest BCUT2D eigenvalue weighted by atomic mass is 35.5. The average Bonchev–Trinajstić information content (AvgIpc) is 2.76. The number of fused-ring (bicyclic) bond motifs is 1. The van der Waals surface area contributed by atoms with Crippen molar-refractivity contribution in [3.05, 3.63) is 94.3 Å². The molecule has 0 unspecified atom stereocenters. The summed E-state index contributed by atoms with van der Waals surface area (Å²) in [6, 6.07) is 18.1. The number of hydrogen-bond acceptors (Lipinski definition) is 5. The van der Waals surface area contributed by atoms with Crippen LogP contribution in [0.2, 0.25) is 5.02 Å². The smallest absolute Gasteiger partial charge is 0.280 e. The number of rotatable bonds is 4. The van der Waals surface area contributed by atoms with E-state index in [0.29, 0.717) is 4.41 Å². The fraction of sp³-hybridized carbons (Fsp3) is 0.0455. The fourth-order valence-corrected chi connectivity index (χ4v) is 4.77. The van der Waals surface area contributed by atoms with Crippen LogP contribution in [-0.4, -0.2) is 31.0 Å². The third-order valence-corrected chi connectivity index (χ3v) is 6.61. The SMILES string of the molecule is N#Cc1ccccc1NC(=O)CN1N=C(c2ccccc2F)c2cc(Cl)ccc2S1(=O)=O. The van der Waals surface area contributed by atoms with E-state index in [-0.39, 0.29) is 38.0 Å². The van der Waals surface area contributed by atoms with E-state index in [0.717, 1.165) is 0 Å². The van der Waals surface area contributed by atoms with Gasteiger partial charge in [-0.3, -0.25) is 4.79 Å². The number of nitriles is 1. The Hall–Kier alpha value is -3.74. The molecule has 0 fully saturated rings. The normalized spacial score (nSPS) is 14.2. The van der Waals surface area contributed by atoms with Crippen molar-refractivity contribution >= 4 is 38.9 Å². The number of sulfonamides is 1. The number of carbonyl (C=O) groups is 1. The third kappa shape index (κ3) is 3.93. The summed E-state index contributed by atoms with van der Waals surface area (Å²) in [6.07, 6.45) is 0. The van der Waals surface area contributed by atoms with E-state index in [1.807, 2.05) is 6.07 Å². The number of anilines is 1. The van der Waals surface area contributed by atoms with E-state index in [9.17, 15) is 22.9 Å². The lowest BCUT2D eigenvalue weighted by Gasteiger charge is -2.27. The second-order valence-electron chi connectivity index (χ2n) is 6.76. The van der Waals surface area contributed by atoms with E-state index in [1.54, 1.807) is 18.2 Å². The molecule has 1 aliphatic rings. The zero-order chi connectivity index (χ0) is 22.9. The molecule has 160 valence electrons. The summed E-state index contributed by atoms with van der Waals surface area (Å²) >= 11 is 6.05. The predicted molar refractivity (Wildman–Crippen MR) is 117 cm³/mol. The quantitative estimate of drug-likeness (QED) is 0.629. The van der Waals surface area contributed by atoms with E-state index >= 15 is 0 Å². The van der Waals surface area contributed by atoms with Gasteiger partial charge < -0.3 is 5.32 Å². The van der Waals surface area contributed by atoms with Gasteiger partial charge in [0.25, 0.3) is 10.0 Å². The first kappa shape index (κ1) is 21.5. The monoisotopic (exact) mass is 468 g/mol. The van der Waals surface area contributed by atoms with Gasteiger partial charge in [-0.2, -0.15) is 23.2 Å². The highest BCUT2D eigenvalue weighted by molar-refractivity contribution is 7.89. The van der Waals surface area contributed by atoms with E-state index in [4.69, 9.17) is 11.6 Å². The number of amides is 1. The van der Waals surface area contributed by atoms with Gasteiger partial charge in [0.1, 0.15) is 24.1 Å². The molecule has 0 radical (unpaired) electrons. The van der Waals surface area contributed by atoms with Crippen molar-refractivity contribution in [2.24, 2.45) is 5.10 Å². The average molecular weight is 469 g/mol. The molecule has 1 amide bonds. The van der Waals surface area contributed by atoms with Crippen molar-refractivity contribution in [1.29, 1.82) is 5.26 Å². The van der Waals surface area contributed by atoms with Crippen LogP contribution >= 0.6 is 11.6 Å². The Balaban J connectivity index is 1.76. The summed E-state index contributed by atoms with van der Waals surface area (Å²) in [4.78, 5) is 12.5. The van der Waals surface area contributed by atoms with Gasteiger partial charge in [-0.05, 0) is 42.5 Å². The zero-order valence-electron chi connectivity index (χ0n) is 16.3. The number of halogens is 2. The highest BCUT2D eigenvalue weighted by Crippen LogP contribution is 2.31. The van der Waals surface area contributed by atoms with Gasteiger partial charge in [0.15, 0.2) is 0 Å². The molecule has 10 heteroatoms. The van der Waals surface area contributed by atoms with Crippen molar-refractivity contribution < 1.29 is 17.6 Å². The van der Waals surface area contributed by atoms with Crippen LogP contribution in [0.1, 0.15) is 16.7 Å². The highest BCUT2D eigenvalue weighted by Gasteiger charge is 2.35. The molecular formula is C22H14ClFN4O3S. The number of hydrazone groups is 1. The lowest BCUT2D eigenvalue weighted by molar-refractivity contribution is -0.116. The molecule has 1 aliphatic heterocycles. The lowest BCUT2D eigenvalue weighted by atomic mass is 10.0.